The molecule has 1 amide bonds. The van der Waals surface area contributed by atoms with Gasteiger partial charge < -0.3 is 15.3 Å². The first kappa shape index (κ1) is 12.5. The van der Waals surface area contributed by atoms with Gasteiger partial charge in [0.05, 0.1) is 6.54 Å². The topological polar surface area (TPSA) is 52.6 Å². The fraction of sp³-hybridized carbons (Fsp3) is 0.417. The molecule has 0 radical (unpaired) electrons. The molecule has 0 spiro atoms. The fourth-order valence-corrected chi connectivity index (χ4v) is 1.49. The summed E-state index contributed by atoms with van der Waals surface area (Å²) in [6.45, 7) is 5.54. The van der Waals surface area contributed by atoms with Crippen LogP contribution in [0.4, 0.5) is 5.69 Å². The first-order valence-corrected chi connectivity index (χ1v) is 5.49. The summed E-state index contributed by atoms with van der Waals surface area (Å²) in [7, 11) is 0. The van der Waals surface area contributed by atoms with Gasteiger partial charge in [0.25, 0.3) is 0 Å². The fourth-order valence-electron chi connectivity index (χ4n) is 1.49. The van der Waals surface area contributed by atoms with E-state index in [9.17, 15) is 9.90 Å². The van der Waals surface area contributed by atoms with Gasteiger partial charge in [0.1, 0.15) is 5.75 Å². The van der Waals surface area contributed by atoms with Gasteiger partial charge in [-0.3, -0.25) is 4.79 Å². The van der Waals surface area contributed by atoms with Crippen LogP contribution in [0, 0.1) is 0 Å². The molecule has 88 valence electrons. The smallest absolute Gasteiger partial charge is 0.240 e. The summed E-state index contributed by atoms with van der Waals surface area (Å²) in [6, 6.07) is 6.72. The number of phenols is 1. The molecular formula is C12H18N2O2. The maximum Gasteiger partial charge on any atom is 0.240 e. The lowest BCUT2D eigenvalue weighted by Gasteiger charge is -2.21. The lowest BCUT2D eigenvalue weighted by molar-refractivity contribution is -0.117. The molecule has 0 unspecified atom stereocenters. The van der Waals surface area contributed by atoms with Crippen LogP contribution in [0.25, 0.3) is 0 Å². The number of carbonyl (C=O) groups excluding carboxylic acids is 1. The zero-order valence-corrected chi connectivity index (χ0v) is 9.73. The van der Waals surface area contributed by atoms with Crippen molar-refractivity contribution in [3.63, 3.8) is 0 Å². The highest BCUT2D eigenvalue weighted by Crippen LogP contribution is 2.19. The van der Waals surface area contributed by atoms with Crippen LogP contribution in [0.15, 0.2) is 24.3 Å². The van der Waals surface area contributed by atoms with E-state index in [0.29, 0.717) is 13.1 Å². The van der Waals surface area contributed by atoms with Crippen LogP contribution >= 0.6 is 0 Å². The van der Waals surface area contributed by atoms with E-state index >= 15 is 0 Å². The minimum Gasteiger partial charge on any atom is -0.508 e. The molecule has 4 heteroatoms. The second-order valence-corrected chi connectivity index (χ2v) is 3.44. The molecule has 0 aliphatic rings. The summed E-state index contributed by atoms with van der Waals surface area (Å²) in [4.78, 5) is 13.5. The largest absolute Gasteiger partial charge is 0.508 e. The SMILES string of the molecule is CCNCC(=O)N(CC)c1cccc(O)c1. The number of benzene rings is 1. The van der Waals surface area contributed by atoms with E-state index in [1.165, 1.54) is 0 Å². The van der Waals surface area contributed by atoms with Gasteiger partial charge in [0.15, 0.2) is 0 Å². The van der Waals surface area contributed by atoms with Gasteiger partial charge in [-0.05, 0) is 25.6 Å². The van der Waals surface area contributed by atoms with E-state index < -0.39 is 0 Å². The molecule has 0 atom stereocenters. The molecular weight excluding hydrogens is 204 g/mol. The molecule has 0 saturated carbocycles. The molecule has 1 rings (SSSR count). The number of hydrogen-bond acceptors (Lipinski definition) is 3. The predicted molar refractivity (Wildman–Crippen MR) is 64.7 cm³/mol. The standard InChI is InChI=1S/C12H18N2O2/c1-3-13-9-12(16)14(4-2)10-6-5-7-11(15)8-10/h5-8,13,15H,3-4,9H2,1-2H3. The average Bonchev–Trinajstić information content (AvgIpc) is 2.27. The highest BCUT2D eigenvalue weighted by molar-refractivity contribution is 5.94. The first-order valence-electron chi connectivity index (χ1n) is 5.49. The van der Waals surface area contributed by atoms with E-state index in [4.69, 9.17) is 0 Å². The maximum atomic E-state index is 11.8. The Hall–Kier alpha value is -1.55. The van der Waals surface area contributed by atoms with E-state index in [-0.39, 0.29) is 11.7 Å². The van der Waals surface area contributed by atoms with Crippen LogP contribution in [-0.4, -0.2) is 30.6 Å². The van der Waals surface area contributed by atoms with Gasteiger partial charge in [0, 0.05) is 18.3 Å². The summed E-state index contributed by atoms with van der Waals surface area (Å²) < 4.78 is 0. The third-order valence-corrected chi connectivity index (χ3v) is 2.28. The summed E-state index contributed by atoms with van der Waals surface area (Å²) in [6.07, 6.45) is 0. The summed E-state index contributed by atoms with van der Waals surface area (Å²) in [5.74, 6) is 0.183. The second-order valence-electron chi connectivity index (χ2n) is 3.44. The zero-order valence-electron chi connectivity index (χ0n) is 9.73. The molecule has 4 nitrogen and oxygen atoms in total. The van der Waals surface area contributed by atoms with E-state index in [2.05, 4.69) is 5.32 Å². The number of hydrogen-bond donors (Lipinski definition) is 2. The maximum absolute atomic E-state index is 11.8. The number of likely N-dealkylation sites (N-methyl/N-ethyl adjacent to an activating group) is 2. The first-order chi connectivity index (χ1) is 7.69. The van der Waals surface area contributed by atoms with Crippen molar-refractivity contribution in [1.82, 2.24) is 5.32 Å². The summed E-state index contributed by atoms with van der Waals surface area (Å²) >= 11 is 0. The number of nitrogens with one attached hydrogen (secondary N) is 1. The number of aromatic hydroxyl groups is 1. The quantitative estimate of drug-likeness (QED) is 0.790. The Kier molecular flexibility index (Phi) is 4.79. The molecule has 0 fully saturated rings. The van der Waals surface area contributed by atoms with Crippen LogP contribution in [0.2, 0.25) is 0 Å². The van der Waals surface area contributed by atoms with Crippen molar-refractivity contribution in [1.29, 1.82) is 0 Å². The van der Waals surface area contributed by atoms with Crippen molar-refractivity contribution in [2.24, 2.45) is 0 Å². The Morgan fingerprint density at radius 2 is 2.19 bits per heavy atom. The Balaban J connectivity index is 2.77. The summed E-state index contributed by atoms with van der Waals surface area (Å²) in [5.41, 5.74) is 0.727. The number of carbonyl (C=O) groups is 1. The van der Waals surface area contributed by atoms with E-state index in [1.807, 2.05) is 19.9 Å². The molecule has 0 heterocycles. The van der Waals surface area contributed by atoms with Gasteiger partial charge in [-0.2, -0.15) is 0 Å². The number of nitrogens with zero attached hydrogens (tertiary/aromatic N) is 1. The van der Waals surface area contributed by atoms with Gasteiger partial charge >= 0.3 is 0 Å². The Morgan fingerprint density at radius 3 is 2.75 bits per heavy atom. The van der Waals surface area contributed by atoms with Crippen molar-refractivity contribution in [2.75, 3.05) is 24.5 Å². The van der Waals surface area contributed by atoms with Gasteiger partial charge in [-0.25, -0.2) is 0 Å². The van der Waals surface area contributed by atoms with E-state index in [0.717, 1.165) is 12.2 Å². The molecule has 16 heavy (non-hydrogen) atoms. The molecule has 0 saturated heterocycles. The molecule has 1 aromatic carbocycles. The third kappa shape index (κ3) is 3.24. The van der Waals surface area contributed by atoms with Crippen LogP contribution in [0.5, 0.6) is 5.75 Å². The van der Waals surface area contributed by atoms with Gasteiger partial charge in [-0.15, -0.1) is 0 Å². The number of anilines is 1. The molecule has 0 bridgehead atoms. The molecule has 0 aromatic heterocycles. The Bertz CT molecular complexity index is 353. The zero-order chi connectivity index (χ0) is 12.0. The minimum absolute atomic E-state index is 0.00921. The Labute approximate surface area is 95.9 Å². The van der Waals surface area contributed by atoms with Crippen molar-refractivity contribution < 1.29 is 9.90 Å². The minimum atomic E-state index is 0.00921. The average molecular weight is 222 g/mol. The Morgan fingerprint density at radius 1 is 1.44 bits per heavy atom. The highest BCUT2D eigenvalue weighted by atomic mass is 16.3. The molecule has 0 aliphatic carbocycles. The third-order valence-electron chi connectivity index (χ3n) is 2.28. The predicted octanol–water partition coefficient (Wildman–Crippen LogP) is 1.35. The molecule has 1 aromatic rings. The van der Waals surface area contributed by atoms with Crippen LogP contribution in [0.1, 0.15) is 13.8 Å². The molecule has 0 aliphatic heterocycles. The van der Waals surface area contributed by atoms with E-state index in [1.54, 1.807) is 23.1 Å². The lowest BCUT2D eigenvalue weighted by atomic mass is 10.2. The number of rotatable bonds is 5. The number of amides is 1. The lowest BCUT2D eigenvalue weighted by Crippen LogP contribution is -2.38. The van der Waals surface area contributed by atoms with Crippen molar-refractivity contribution >= 4 is 11.6 Å². The monoisotopic (exact) mass is 222 g/mol. The van der Waals surface area contributed by atoms with Crippen molar-refractivity contribution in [3.8, 4) is 5.75 Å². The van der Waals surface area contributed by atoms with Crippen LogP contribution in [-0.2, 0) is 4.79 Å². The van der Waals surface area contributed by atoms with Crippen LogP contribution in [0.3, 0.4) is 0 Å². The van der Waals surface area contributed by atoms with Crippen LogP contribution < -0.4 is 10.2 Å². The normalized spacial score (nSPS) is 10.1. The van der Waals surface area contributed by atoms with Crippen molar-refractivity contribution in [3.05, 3.63) is 24.3 Å². The highest BCUT2D eigenvalue weighted by Gasteiger charge is 2.13. The summed E-state index contributed by atoms with van der Waals surface area (Å²) in [5, 5.41) is 12.4. The number of phenolic OH excluding ortho intramolecular Hbond substituents is 1. The molecule has 2 N–H and O–H groups in total. The van der Waals surface area contributed by atoms with Crippen molar-refractivity contribution in [2.45, 2.75) is 13.8 Å². The van der Waals surface area contributed by atoms with Gasteiger partial charge in [0.2, 0.25) is 5.91 Å². The van der Waals surface area contributed by atoms with Gasteiger partial charge in [-0.1, -0.05) is 13.0 Å². The second kappa shape index (κ2) is 6.12.